The predicted octanol–water partition coefficient (Wildman–Crippen LogP) is 5.30. The first-order valence-electron chi connectivity index (χ1n) is 11.5. The van der Waals surface area contributed by atoms with E-state index in [0.29, 0.717) is 19.8 Å². The quantitative estimate of drug-likeness (QED) is 0.469. The maximum Gasteiger partial charge on any atom is 0.128 e. The van der Waals surface area contributed by atoms with E-state index in [-0.39, 0.29) is 17.6 Å². The van der Waals surface area contributed by atoms with Crippen molar-refractivity contribution in [1.29, 1.82) is 0 Å². The van der Waals surface area contributed by atoms with E-state index in [1.807, 2.05) is 0 Å². The monoisotopic (exact) mass is 440 g/mol. The fourth-order valence-electron chi connectivity index (χ4n) is 3.79. The van der Waals surface area contributed by atoms with Crippen LogP contribution in [0.4, 0.5) is 0 Å². The van der Waals surface area contributed by atoms with E-state index in [4.69, 9.17) is 23.7 Å². The molecule has 5 nitrogen and oxygen atoms in total. The van der Waals surface area contributed by atoms with Gasteiger partial charge < -0.3 is 23.7 Å². The number of hydrogen-bond acceptors (Lipinski definition) is 5. The lowest BCUT2D eigenvalue weighted by atomic mass is 9.85. The first-order valence-corrected chi connectivity index (χ1v) is 11.5. The molecule has 2 saturated heterocycles. The number of hydrogen-bond donors (Lipinski definition) is 0. The molecule has 174 valence electrons. The normalized spacial score (nSPS) is 20.2. The molecule has 0 aliphatic carbocycles. The van der Waals surface area contributed by atoms with Crippen molar-refractivity contribution in [3.63, 3.8) is 0 Å². The highest BCUT2D eigenvalue weighted by Gasteiger charge is 2.31. The zero-order valence-electron chi connectivity index (χ0n) is 20.2. The van der Waals surface area contributed by atoms with Gasteiger partial charge in [-0.25, -0.2) is 0 Å². The molecule has 2 atom stereocenters. The second-order valence-corrected chi connectivity index (χ2v) is 10.3. The Morgan fingerprint density at radius 1 is 0.812 bits per heavy atom. The Morgan fingerprint density at radius 3 is 1.97 bits per heavy atom. The van der Waals surface area contributed by atoms with Crippen LogP contribution in [-0.2, 0) is 31.8 Å². The molecule has 0 amide bonds. The van der Waals surface area contributed by atoms with Gasteiger partial charge >= 0.3 is 0 Å². The van der Waals surface area contributed by atoms with Crippen molar-refractivity contribution < 1.29 is 23.7 Å². The summed E-state index contributed by atoms with van der Waals surface area (Å²) in [6.07, 6.45) is 0.414. The molecule has 2 heterocycles. The van der Waals surface area contributed by atoms with E-state index in [2.05, 4.69) is 77.9 Å². The molecule has 4 rings (SSSR count). The summed E-state index contributed by atoms with van der Waals surface area (Å²) < 4.78 is 29.6. The van der Waals surface area contributed by atoms with E-state index in [0.717, 1.165) is 41.4 Å². The summed E-state index contributed by atoms with van der Waals surface area (Å²) in [6, 6.07) is 12.5. The number of ether oxygens (including phenoxy) is 5. The zero-order valence-corrected chi connectivity index (χ0v) is 20.2. The molecule has 0 N–H and O–H groups in total. The molecule has 2 unspecified atom stereocenters. The van der Waals surface area contributed by atoms with Crippen molar-refractivity contribution >= 4 is 0 Å². The Hall–Kier alpha value is -2.08. The topological polar surface area (TPSA) is 52.8 Å². The summed E-state index contributed by atoms with van der Waals surface area (Å²) >= 11 is 0. The third-order valence-electron chi connectivity index (χ3n) is 5.99. The van der Waals surface area contributed by atoms with E-state index in [9.17, 15) is 0 Å². The highest BCUT2D eigenvalue weighted by atomic mass is 16.6. The molecule has 0 radical (unpaired) electrons. The van der Waals surface area contributed by atoms with E-state index in [1.165, 1.54) is 5.56 Å². The van der Waals surface area contributed by atoms with Gasteiger partial charge in [0.25, 0.3) is 0 Å². The highest BCUT2D eigenvalue weighted by molar-refractivity contribution is 5.46. The van der Waals surface area contributed by atoms with Gasteiger partial charge in [-0.3, -0.25) is 0 Å². The molecule has 0 spiro atoms. The molecule has 32 heavy (non-hydrogen) atoms. The average Bonchev–Trinajstić information content (AvgIpc) is 3.64. The zero-order chi connectivity index (χ0) is 22.9. The van der Waals surface area contributed by atoms with Gasteiger partial charge in [-0.05, 0) is 37.3 Å². The van der Waals surface area contributed by atoms with Crippen LogP contribution in [-0.4, -0.2) is 38.6 Å². The molecule has 0 saturated carbocycles. The van der Waals surface area contributed by atoms with Gasteiger partial charge in [0.05, 0.1) is 25.4 Å². The average molecular weight is 441 g/mol. The fourth-order valence-corrected chi connectivity index (χ4v) is 3.79. The number of epoxide rings is 2. The van der Waals surface area contributed by atoms with Gasteiger partial charge in [0.15, 0.2) is 0 Å². The molecule has 5 heteroatoms. The molecule has 0 bridgehead atoms. The summed E-state index contributed by atoms with van der Waals surface area (Å²) in [5.41, 5.74) is 3.80. The van der Waals surface area contributed by atoms with Crippen LogP contribution in [0.25, 0.3) is 0 Å². The number of para-hydroxylation sites is 2. The molecule has 2 aliphatic rings. The number of benzene rings is 2. The van der Waals surface area contributed by atoms with Crippen LogP contribution in [0.2, 0.25) is 0 Å². The molecule has 2 aliphatic heterocycles. The SMILES string of the molecule is Cc1cccc(C(C)(C)OCc2cccc(C(C)(C)C)c2OCC2CO2)c1OCC1CO1. The predicted molar refractivity (Wildman–Crippen MR) is 125 cm³/mol. The van der Waals surface area contributed by atoms with Gasteiger partial charge in [-0.1, -0.05) is 57.2 Å². The molecular formula is C27H36O5. The van der Waals surface area contributed by atoms with Gasteiger partial charge in [0.2, 0.25) is 0 Å². The van der Waals surface area contributed by atoms with Crippen molar-refractivity contribution in [3.05, 3.63) is 58.7 Å². The second kappa shape index (κ2) is 9.05. The Morgan fingerprint density at radius 2 is 1.38 bits per heavy atom. The first-order chi connectivity index (χ1) is 15.1. The van der Waals surface area contributed by atoms with E-state index < -0.39 is 5.60 Å². The van der Waals surface area contributed by atoms with E-state index in [1.54, 1.807) is 0 Å². The Labute approximate surface area is 192 Å². The largest absolute Gasteiger partial charge is 0.490 e. The smallest absolute Gasteiger partial charge is 0.128 e. The first kappa shape index (κ1) is 23.1. The lowest BCUT2D eigenvalue weighted by molar-refractivity contribution is -0.0363. The van der Waals surface area contributed by atoms with Crippen molar-refractivity contribution in [3.8, 4) is 11.5 Å². The third-order valence-corrected chi connectivity index (χ3v) is 5.99. The van der Waals surface area contributed by atoms with E-state index >= 15 is 0 Å². The lowest BCUT2D eigenvalue weighted by Crippen LogP contribution is -2.24. The Balaban J connectivity index is 1.55. The maximum absolute atomic E-state index is 6.53. The second-order valence-electron chi connectivity index (χ2n) is 10.3. The molecule has 0 aromatic heterocycles. The summed E-state index contributed by atoms with van der Waals surface area (Å²) in [4.78, 5) is 0. The minimum atomic E-state index is -0.541. The van der Waals surface area contributed by atoms with Crippen LogP contribution >= 0.6 is 0 Å². The summed E-state index contributed by atoms with van der Waals surface area (Å²) in [5, 5.41) is 0. The summed E-state index contributed by atoms with van der Waals surface area (Å²) in [7, 11) is 0. The summed E-state index contributed by atoms with van der Waals surface area (Å²) in [5.74, 6) is 1.80. The van der Waals surface area contributed by atoms with Crippen molar-refractivity contribution in [2.45, 2.75) is 71.4 Å². The maximum atomic E-state index is 6.53. The molecule has 2 fully saturated rings. The van der Waals surface area contributed by atoms with Crippen LogP contribution in [0, 0.1) is 6.92 Å². The van der Waals surface area contributed by atoms with Crippen LogP contribution in [0.15, 0.2) is 36.4 Å². The summed E-state index contributed by atoms with van der Waals surface area (Å²) in [6.45, 7) is 16.0. The van der Waals surface area contributed by atoms with Crippen LogP contribution < -0.4 is 9.47 Å². The molecule has 2 aromatic rings. The van der Waals surface area contributed by atoms with Crippen LogP contribution in [0.5, 0.6) is 11.5 Å². The van der Waals surface area contributed by atoms with Crippen molar-refractivity contribution in [2.24, 2.45) is 0 Å². The Bertz CT molecular complexity index is 936. The molecular weight excluding hydrogens is 404 g/mol. The fraction of sp³-hybridized carbons (Fsp3) is 0.556. The van der Waals surface area contributed by atoms with Crippen LogP contribution in [0.3, 0.4) is 0 Å². The highest BCUT2D eigenvalue weighted by Crippen LogP contribution is 2.39. The van der Waals surface area contributed by atoms with Crippen LogP contribution in [0.1, 0.15) is 56.9 Å². The Kier molecular flexibility index (Phi) is 6.53. The van der Waals surface area contributed by atoms with Gasteiger partial charge in [-0.2, -0.15) is 0 Å². The number of aryl methyl sites for hydroxylation is 1. The number of rotatable bonds is 10. The van der Waals surface area contributed by atoms with Crippen molar-refractivity contribution in [2.75, 3.05) is 26.4 Å². The van der Waals surface area contributed by atoms with Gasteiger partial charge in [0.1, 0.15) is 36.9 Å². The minimum Gasteiger partial charge on any atom is -0.490 e. The van der Waals surface area contributed by atoms with Gasteiger partial charge in [-0.15, -0.1) is 0 Å². The lowest BCUT2D eigenvalue weighted by Gasteiger charge is -2.30. The van der Waals surface area contributed by atoms with Crippen molar-refractivity contribution in [1.82, 2.24) is 0 Å². The van der Waals surface area contributed by atoms with Gasteiger partial charge in [0, 0.05) is 11.1 Å². The third kappa shape index (κ3) is 5.64. The molecule has 2 aromatic carbocycles. The standard InChI is InChI=1S/C27H36O5/c1-18-9-7-12-23(24(18)30-16-20-14-28-20)27(5,6)32-13-19-10-8-11-22(26(2,3)4)25(19)31-17-21-15-29-21/h7-12,20-21H,13-17H2,1-6H3. The minimum absolute atomic E-state index is 0.0340.